The van der Waals surface area contributed by atoms with E-state index in [1.54, 1.807) is 6.07 Å². The van der Waals surface area contributed by atoms with E-state index in [0.717, 1.165) is 34.7 Å². The lowest BCUT2D eigenvalue weighted by Gasteiger charge is -2.11. The van der Waals surface area contributed by atoms with Gasteiger partial charge in [-0.05, 0) is 44.5 Å². The maximum Gasteiger partial charge on any atom is 0.207 e. The van der Waals surface area contributed by atoms with Crippen molar-refractivity contribution < 1.29 is 4.39 Å². The van der Waals surface area contributed by atoms with Crippen LogP contribution in [-0.2, 0) is 6.54 Å². The summed E-state index contributed by atoms with van der Waals surface area (Å²) in [5.41, 5.74) is 10.1. The van der Waals surface area contributed by atoms with Crippen molar-refractivity contribution in [3.63, 3.8) is 0 Å². The van der Waals surface area contributed by atoms with Gasteiger partial charge in [-0.15, -0.1) is 0 Å². The average Bonchev–Trinajstić information content (AvgIpc) is 2.88. The number of fused-ring (bicyclic) bond motifs is 1. The van der Waals surface area contributed by atoms with Gasteiger partial charge in [-0.3, -0.25) is 4.57 Å². The second kappa shape index (κ2) is 4.33. The number of aromatic nitrogens is 4. The highest BCUT2D eigenvalue weighted by Crippen LogP contribution is 2.27. The van der Waals surface area contributed by atoms with Gasteiger partial charge in [-0.1, -0.05) is 0 Å². The van der Waals surface area contributed by atoms with Gasteiger partial charge in [0.15, 0.2) is 5.65 Å². The number of aryl methyl sites for hydroxylation is 3. The van der Waals surface area contributed by atoms with Gasteiger partial charge in [0.25, 0.3) is 0 Å². The summed E-state index contributed by atoms with van der Waals surface area (Å²) in [7, 11) is 0. The lowest BCUT2D eigenvalue weighted by molar-refractivity contribution is 0.625. The standard InChI is InChI=1S/C14H16FN5/c1-4-19-13-12(9(3)18-19)17-14(16)20(13)11-6-5-10(15)7-8(11)2/h5-7H,4H2,1-3H3,(H2,16,17). The molecule has 5 nitrogen and oxygen atoms in total. The summed E-state index contributed by atoms with van der Waals surface area (Å²) in [6.07, 6.45) is 0. The molecule has 2 N–H and O–H groups in total. The third-order valence-corrected chi connectivity index (χ3v) is 3.44. The molecule has 0 fully saturated rings. The third kappa shape index (κ3) is 1.68. The first-order valence-corrected chi connectivity index (χ1v) is 6.50. The van der Waals surface area contributed by atoms with Crippen molar-refractivity contribution in [3.8, 4) is 5.69 Å². The molecule has 1 aromatic carbocycles. The Morgan fingerprint density at radius 3 is 2.70 bits per heavy atom. The summed E-state index contributed by atoms with van der Waals surface area (Å²) in [5.74, 6) is 0.124. The predicted octanol–water partition coefficient (Wildman–Crippen LogP) is 2.58. The van der Waals surface area contributed by atoms with Crippen molar-refractivity contribution in [1.82, 2.24) is 19.3 Å². The minimum absolute atomic E-state index is 0.263. The topological polar surface area (TPSA) is 61.7 Å². The molecule has 0 aliphatic rings. The molecule has 3 aromatic rings. The first-order valence-electron chi connectivity index (χ1n) is 6.50. The molecule has 0 saturated carbocycles. The van der Waals surface area contributed by atoms with E-state index >= 15 is 0 Å². The molecule has 20 heavy (non-hydrogen) atoms. The van der Waals surface area contributed by atoms with Gasteiger partial charge in [0.05, 0.1) is 11.4 Å². The minimum atomic E-state index is -0.263. The maximum absolute atomic E-state index is 13.3. The number of hydrogen-bond acceptors (Lipinski definition) is 3. The SMILES string of the molecule is CCn1nc(C)c2nc(N)n(-c3ccc(F)cc3C)c21. The summed E-state index contributed by atoms with van der Waals surface area (Å²) in [4.78, 5) is 4.38. The van der Waals surface area contributed by atoms with E-state index in [4.69, 9.17) is 5.73 Å². The summed E-state index contributed by atoms with van der Waals surface area (Å²) in [6.45, 7) is 6.48. The van der Waals surface area contributed by atoms with Crippen LogP contribution in [0.5, 0.6) is 0 Å². The van der Waals surface area contributed by atoms with E-state index in [1.165, 1.54) is 12.1 Å². The van der Waals surface area contributed by atoms with Gasteiger partial charge < -0.3 is 5.73 Å². The number of imidazole rings is 1. The van der Waals surface area contributed by atoms with Crippen LogP contribution in [-0.4, -0.2) is 19.3 Å². The van der Waals surface area contributed by atoms with Crippen LogP contribution in [0.15, 0.2) is 18.2 Å². The van der Waals surface area contributed by atoms with E-state index < -0.39 is 0 Å². The van der Waals surface area contributed by atoms with Crippen LogP contribution >= 0.6 is 0 Å². The molecule has 0 saturated heterocycles. The molecule has 0 atom stereocenters. The number of benzene rings is 1. The molecule has 0 aliphatic heterocycles. The van der Waals surface area contributed by atoms with Crippen molar-refractivity contribution in [2.24, 2.45) is 0 Å². The molecule has 0 unspecified atom stereocenters. The quantitative estimate of drug-likeness (QED) is 0.780. The molecule has 6 heteroatoms. The minimum Gasteiger partial charge on any atom is -0.369 e. The molecule has 104 valence electrons. The first kappa shape index (κ1) is 12.7. The molecule has 0 radical (unpaired) electrons. The van der Waals surface area contributed by atoms with Crippen LogP contribution < -0.4 is 5.73 Å². The lowest BCUT2D eigenvalue weighted by atomic mass is 10.2. The molecular weight excluding hydrogens is 257 g/mol. The largest absolute Gasteiger partial charge is 0.369 e. The van der Waals surface area contributed by atoms with Gasteiger partial charge in [0, 0.05) is 6.54 Å². The molecule has 0 aliphatic carbocycles. The Morgan fingerprint density at radius 2 is 2.05 bits per heavy atom. The molecule has 2 heterocycles. The van der Waals surface area contributed by atoms with Crippen molar-refractivity contribution in [1.29, 1.82) is 0 Å². The molecule has 0 spiro atoms. The first-order chi connectivity index (χ1) is 9.52. The zero-order valence-electron chi connectivity index (χ0n) is 11.7. The smallest absolute Gasteiger partial charge is 0.207 e. The summed E-state index contributed by atoms with van der Waals surface area (Å²) >= 11 is 0. The normalized spacial score (nSPS) is 11.4. The fraction of sp³-hybridized carbons (Fsp3) is 0.286. The number of anilines is 1. The van der Waals surface area contributed by atoms with Crippen LogP contribution in [0.4, 0.5) is 10.3 Å². The number of nitrogens with zero attached hydrogens (tertiary/aromatic N) is 4. The third-order valence-electron chi connectivity index (χ3n) is 3.44. The summed E-state index contributed by atoms with van der Waals surface area (Å²) < 4.78 is 17.0. The monoisotopic (exact) mass is 273 g/mol. The fourth-order valence-corrected chi connectivity index (χ4v) is 2.51. The molecule has 2 aromatic heterocycles. The van der Waals surface area contributed by atoms with E-state index in [0.29, 0.717) is 5.95 Å². The summed E-state index contributed by atoms with van der Waals surface area (Å²) in [5, 5.41) is 4.45. The average molecular weight is 273 g/mol. The van der Waals surface area contributed by atoms with Crippen molar-refractivity contribution in [3.05, 3.63) is 35.3 Å². The van der Waals surface area contributed by atoms with Crippen LogP contribution in [0.3, 0.4) is 0 Å². The van der Waals surface area contributed by atoms with Crippen molar-refractivity contribution in [2.75, 3.05) is 5.73 Å². The van der Waals surface area contributed by atoms with Gasteiger partial charge in [-0.25, -0.2) is 14.1 Å². The highest BCUT2D eigenvalue weighted by molar-refractivity contribution is 5.80. The second-order valence-corrected chi connectivity index (χ2v) is 4.81. The second-order valence-electron chi connectivity index (χ2n) is 4.81. The summed E-state index contributed by atoms with van der Waals surface area (Å²) in [6, 6.07) is 4.62. The Bertz CT molecular complexity index is 800. The van der Waals surface area contributed by atoms with Crippen molar-refractivity contribution in [2.45, 2.75) is 27.3 Å². The van der Waals surface area contributed by atoms with E-state index in [9.17, 15) is 4.39 Å². The van der Waals surface area contributed by atoms with E-state index in [2.05, 4.69) is 10.1 Å². The van der Waals surface area contributed by atoms with Crippen molar-refractivity contribution >= 4 is 17.1 Å². The Balaban J connectivity index is 2.38. The van der Waals surface area contributed by atoms with E-state index in [1.807, 2.05) is 30.0 Å². The highest BCUT2D eigenvalue weighted by Gasteiger charge is 2.18. The fourth-order valence-electron chi connectivity index (χ4n) is 2.51. The molecular formula is C14H16FN5. The van der Waals surface area contributed by atoms with Crippen LogP contribution in [0.2, 0.25) is 0 Å². The Hall–Kier alpha value is -2.37. The molecule has 3 rings (SSSR count). The number of nitrogens with two attached hydrogens (primary N) is 1. The number of rotatable bonds is 2. The number of nitrogen functional groups attached to an aromatic ring is 1. The predicted molar refractivity (Wildman–Crippen MR) is 76.4 cm³/mol. The van der Waals surface area contributed by atoms with Gasteiger partial charge in [0.1, 0.15) is 11.3 Å². The molecule has 0 amide bonds. The van der Waals surface area contributed by atoms with E-state index in [-0.39, 0.29) is 5.82 Å². The van der Waals surface area contributed by atoms with Gasteiger partial charge in [0.2, 0.25) is 5.95 Å². The number of hydrogen-bond donors (Lipinski definition) is 1. The lowest BCUT2D eigenvalue weighted by Crippen LogP contribution is -2.07. The van der Waals surface area contributed by atoms with Crippen LogP contribution in [0.25, 0.3) is 16.9 Å². The Kier molecular flexibility index (Phi) is 2.74. The molecule has 0 bridgehead atoms. The highest BCUT2D eigenvalue weighted by atomic mass is 19.1. The number of halogens is 1. The van der Waals surface area contributed by atoms with Crippen LogP contribution in [0, 0.1) is 19.7 Å². The Labute approximate surface area is 115 Å². The zero-order chi connectivity index (χ0) is 14.4. The van der Waals surface area contributed by atoms with Gasteiger partial charge >= 0.3 is 0 Å². The zero-order valence-corrected chi connectivity index (χ0v) is 11.7. The van der Waals surface area contributed by atoms with Crippen LogP contribution in [0.1, 0.15) is 18.2 Å². The Morgan fingerprint density at radius 1 is 1.30 bits per heavy atom. The maximum atomic E-state index is 13.3. The van der Waals surface area contributed by atoms with Gasteiger partial charge in [-0.2, -0.15) is 5.10 Å².